The van der Waals surface area contributed by atoms with Gasteiger partial charge < -0.3 is 0 Å². The van der Waals surface area contributed by atoms with E-state index in [4.69, 9.17) is 0 Å². The monoisotopic (exact) mass is 212 g/mol. The minimum absolute atomic E-state index is 0. The molecule has 0 unspecified atom stereocenters. The first-order chi connectivity index (χ1) is 1.00. The molecule has 0 heterocycles. The van der Waals surface area contributed by atoms with Crippen molar-refractivity contribution in [2.45, 2.75) is 0 Å². The topological polar surface area (TPSA) is 0 Å². The van der Waals surface area contributed by atoms with Crippen LogP contribution in [0.5, 0.6) is 0 Å². The fourth-order valence-corrected chi connectivity index (χ4v) is 0. The summed E-state index contributed by atoms with van der Waals surface area (Å²) < 4.78 is 0. The third-order valence-corrected chi connectivity index (χ3v) is 0. The van der Waals surface area contributed by atoms with Gasteiger partial charge in [-0.2, -0.15) is 13.5 Å². The second-order valence-corrected chi connectivity index (χ2v) is 0. The molecule has 0 radical (unpaired) electrons. The molecule has 0 rings (SSSR count). The maximum absolute atomic E-state index is 4.21. The number of hydrogen-bond acceptors (Lipinski definition) is 1. The Balaban J connectivity index is -0.00000000500. The van der Waals surface area contributed by atoms with E-state index in [1.165, 1.54) is 0 Å². The molecule has 0 spiro atoms. The van der Waals surface area contributed by atoms with Crippen molar-refractivity contribution >= 4 is 40.7 Å². The molecule has 0 saturated carbocycles. The minimum atomic E-state index is 0. The third-order valence-electron chi connectivity index (χ3n) is 0. The third kappa shape index (κ3) is 9.31. The average molecular weight is 213 g/mol. The predicted molar refractivity (Wildman–Crippen MR) is 26.5 cm³/mol. The summed E-state index contributed by atoms with van der Waals surface area (Å²) >= 11 is 0.958. The van der Waals surface area contributed by atoms with Crippen molar-refractivity contribution in [2.75, 3.05) is 0 Å². The second-order valence-electron chi connectivity index (χ2n) is 0. The Morgan fingerprint density at radius 2 is 1.25 bits per heavy atom. The molecule has 0 aliphatic carbocycles. The summed E-state index contributed by atoms with van der Waals surface area (Å²) in [5.74, 6) is 0. The van der Waals surface area contributed by atoms with Crippen molar-refractivity contribution in [3.05, 3.63) is 0 Å². The zero-order valence-electron chi connectivity index (χ0n) is 2.12. The van der Waals surface area contributed by atoms with Gasteiger partial charge in [-0.05, 0) is 0 Å². The quantitative estimate of drug-likeness (QED) is 0.503. The van der Waals surface area contributed by atoms with E-state index in [0.29, 0.717) is 0 Å². The van der Waals surface area contributed by atoms with E-state index in [-0.39, 0.29) is 30.6 Å². The van der Waals surface area contributed by atoms with Crippen molar-refractivity contribution in [1.29, 1.82) is 0 Å². The van der Waals surface area contributed by atoms with E-state index >= 15 is 0 Å². The molecule has 0 aliphatic heterocycles. The van der Waals surface area contributed by atoms with Crippen molar-refractivity contribution < 1.29 is 16.6 Å². The van der Waals surface area contributed by atoms with Crippen LogP contribution in [0.4, 0.5) is 0 Å². The molecule has 0 N–H and O–H groups in total. The Hall–Kier alpha value is 1.71. The van der Waals surface area contributed by atoms with Gasteiger partial charge in [0.2, 0.25) is 0 Å². The molecule has 0 saturated heterocycles. The molecule has 0 aromatic rings. The first kappa shape index (κ1) is 17.2. The van der Waals surface area contributed by atoms with Crippen molar-refractivity contribution in [3.8, 4) is 0 Å². The van der Waals surface area contributed by atoms with Gasteiger partial charge in [0, 0.05) is 0 Å². The van der Waals surface area contributed by atoms with Crippen LogP contribution in [0.25, 0.3) is 0 Å². The normalized spacial score (nSPS) is 1.50. The van der Waals surface area contributed by atoms with E-state index in [2.05, 4.69) is 10.1 Å². The summed E-state index contributed by atoms with van der Waals surface area (Å²) in [6.45, 7) is 0. The summed E-state index contributed by atoms with van der Waals surface area (Å²) in [7, 11) is 4.21. The summed E-state index contributed by atoms with van der Waals surface area (Å²) in [5, 5.41) is 0. The number of rotatable bonds is 0. The van der Waals surface area contributed by atoms with Crippen LogP contribution in [-0.2, 0) is 16.6 Å². The Labute approximate surface area is 56.9 Å². The summed E-state index contributed by atoms with van der Waals surface area (Å²) in [6, 6.07) is 0. The van der Waals surface area contributed by atoms with Crippen LogP contribution in [0.1, 0.15) is 0 Å². The molecule has 0 nitrogen and oxygen atoms in total. The first-order valence-electron chi connectivity index (χ1n) is 0.289. The van der Waals surface area contributed by atoms with Crippen LogP contribution < -0.4 is 0 Å². The van der Waals surface area contributed by atoms with Crippen molar-refractivity contribution in [3.63, 3.8) is 0 Å². The van der Waals surface area contributed by atoms with Crippen LogP contribution in [0.3, 0.4) is 0 Å². The molecule has 0 fully saturated rings. The Morgan fingerprint density at radius 1 is 1.25 bits per heavy atom. The van der Waals surface area contributed by atoms with Gasteiger partial charge in [-0.1, -0.05) is 0 Å². The van der Waals surface area contributed by atoms with Gasteiger partial charge in [0.05, 0.1) is 0 Å². The maximum atomic E-state index is 4.21. The van der Waals surface area contributed by atoms with Gasteiger partial charge in [-0.25, -0.2) is 0 Å². The Morgan fingerprint density at radius 3 is 1.25 bits per heavy atom. The van der Waals surface area contributed by atoms with Crippen molar-refractivity contribution in [1.82, 2.24) is 0 Å². The summed E-state index contributed by atoms with van der Waals surface area (Å²) in [5.41, 5.74) is 0. The zero-order chi connectivity index (χ0) is 2.00. The van der Waals surface area contributed by atoms with E-state index in [0.717, 1.165) is 16.6 Å². The molecular weight excluding hydrogens is 208 g/mol. The van der Waals surface area contributed by atoms with E-state index in [1.807, 2.05) is 0 Å². The molecule has 0 aliphatic rings. The zero-order valence-corrected chi connectivity index (χ0v) is 9.00. The molecule has 4 heteroatoms. The molecule has 0 aromatic heterocycles. The summed E-state index contributed by atoms with van der Waals surface area (Å²) in [4.78, 5) is 0. The fourth-order valence-electron chi connectivity index (χ4n) is 0. The Bertz CT molecular complexity index is 6.00. The number of hydrogen-bond donors (Lipinski definition) is 0. The van der Waals surface area contributed by atoms with Gasteiger partial charge in [-0.3, -0.25) is 0 Å². The molecule has 0 amide bonds. The van der Waals surface area contributed by atoms with E-state index in [1.54, 1.807) is 0 Å². The van der Waals surface area contributed by atoms with Gasteiger partial charge in [0.25, 0.3) is 0 Å². The van der Waals surface area contributed by atoms with Gasteiger partial charge >= 0.3 is 43.7 Å². The SMILES string of the molecule is S.[S]=[Zn].[SeH2]. The Kier molecular flexibility index (Phi) is 95.4. The van der Waals surface area contributed by atoms with E-state index in [9.17, 15) is 0 Å². The van der Waals surface area contributed by atoms with Crippen LogP contribution in [-0.4, -0.2) is 17.1 Å². The molecule has 4 heavy (non-hydrogen) atoms. The molecular formula is H4S2SeZn. The fraction of sp³-hybridized carbons (Fsp3) is 0. The molecule has 24 valence electrons. The predicted octanol–water partition coefficient (Wildman–Crippen LogP) is -0.158. The van der Waals surface area contributed by atoms with Gasteiger partial charge in [0.15, 0.2) is 0 Å². The van der Waals surface area contributed by atoms with Crippen molar-refractivity contribution in [2.24, 2.45) is 0 Å². The van der Waals surface area contributed by atoms with Gasteiger partial charge in [-0.15, -0.1) is 0 Å². The van der Waals surface area contributed by atoms with Crippen LogP contribution in [0.15, 0.2) is 0 Å². The van der Waals surface area contributed by atoms with Crippen LogP contribution in [0, 0.1) is 0 Å². The van der Waals surface area contributed by atoms with Crippen LogP contribution in [0.2, 0.25) is 0 Å². The molecule has 0 atom stereocenters. The molecule has 0 bridgehead atoms. The average Bonchev–Trinajstić information content (AvgIpc) is 1.00. The first-order valence-corrected chi connectivity index (χ1v) is 4.50. The standard InChI is InChI=1S/H2S.S.H2Se.Zn/h1H2;;1H2;. The van der Waals surface area contributed by atoms with Gasteiger partial charge in [0.1, 0.15) is 0 Å². The summed E-state index contributed by atoms with van der Waals surface area (Å²) in [6.07, 6.45) is 0. The van der Waals surface area contributed by atoms with E-state index < -0.39 is 0 Å². The molecule has 0 aromatic carbocycles. The second kappa shape index (κ2) is 22.1. The van der Waals surface area contributed by atoms with Crippen LogP contribution >= 0.6 is 23.6 Å².